The van der Waals surface area contributed by atoms with Crippen molar-refractivity contribution < 1.29 is 9.22 Å². The number of nitrogens with zero attached hydrogens (tertiary/aromatic N) is 5. The number of carbonyl (C=O) groups is 1. The van der Waals surface area contributed by atoms with E-state index in [1.807, 2.05) is 39.9 Å². The van der Waals surface area contributed by atoms with Gasteiger partial charge in [0.15, 0.2) is 5.82 Å². The predicted octanol–water partition coefficient (Wildman–Crippen LogP) is 6.62. The molecule has 0 saturated carbocycles. The maximum atomic E-state index is 14.4. The van der Waals surface area contributed by atoms with E-state index < -0.39 is 19.9 Å². The first-order valence-corrected chi connectivity index (χ1v) is 20.3. The summed E-state index contributed by atoms with van der Waals surface area (Å²) >= 11 is 1.81. The Bertz CT molecular complexity index is 1750. The van der Waals surface area contributed by atoms with Crippen LogP contribution in [0.15, 0.2) is 115 Å². The van der Waals surface area contributed by atoms with Crippen LogP contribution in [0.1, 0.15) is 48.0 Å². The quantitative estimate of drug-likeness (QED) is 0.102. The first-order chi connectivity index (χ1) is 22.6. The molecule has 2 fully saturated rings. The third-order valence-corrected chi connectivity index (χ3v) is 11.3. The van der Waals surface area contributed by atoms with Crippen LogP contribution in [0.2, 0.25) is 19.6 Å². The Morgan fingerprint density at radius 1 is 0.830 bits per heavy atom. The van der Waals surface area contributed by atoms with Crippen molar-refractivity contribution in [3.63, 3.8) is 0 Å². The first-order valence-electron chi connectivity index (χ1n) is 16.1. The Balaban J connectivity index is 1.20. The average Bonchev–Trinajstić information content (AvgIpc) is 3.61. The van der Waals surface area contributed by atoms with Gasteiger partial charge in [0.05, 0.1) is 12.1 Å². The summed E-state index contributed by atoms with van der Waals surface area (Å²) in [5, 5.41) is 16.8. The molecule has 2 aliphatic rings. The molecular weight excluding hydrogens is 621 g/mol. The van der Waals surface area contributed by atoms with E-state index in [0.29, 0.717) is 12.4 Å². The van der Waals surface area contributed by atoms with E-state index in [1.54, 1.807) is 11.8 Å². The molecule has 0 bridgehead atoms. The summed E-state index contributed by atoms with van der Waals surface area (Å²) in [4.78, 5) is 16.4. The molecule has 2 unspecified atom stereocenters. The molecule has 1 N–H and O–H groups in total. The molecule has 3 heterocycles. The summed E-state index contributed by atoms with van der Waals surface area (Å²) in [6, 6.07) is 38.7. The zero-order chi connectivity index (χ0) is 32.8. The van der Waals surface area contributed by atoms with Crippen molar-refractivity contribution in [1.82, 2.24) is 30.4 Å². The molecule has 240 valence electrons. The third kappa shape index (κ3) is 5.79. The summed E-state index contributed by atoms with van der Waals surface area (Å²) in [5.41, 5.74) is 3.55. The number of β-lactam (4-membered cyclic amide) rings is 1. The Kier molecular flexibility index (Phi) is 8.06. The molecule has 5 aromatic rings. The maximum Gasteiger partial charge on any atom is 0.244 e. The van der Waals surface area contributed by atoms with Gasteiger partial charge in [0.1, 0.15) is 23.2 Å². The fourth-order valence-corrected chi connectivity index (χ4v) is 9.39. The van der Waals surface area contributed by atoms with Crippen LogP contribution >= 0.6 is 11.8 Å². The highest BCUT2D eigenvalue weighted by molar-refractivity contribution is 8.01. The number of tetrazole rings is 1. The van der Waals surface area contributed by atoms with Crippen molar-refractivity contribution in [2.75, 3.05) is 0 Å². The summed E-state index contributed by atoms with van der Waals surface area (Å²) in [6.45, 7) is 11.4. The van der Waals surface area contributed by atoms with E-state index >= 15 is 0 Å². The van der Waals surface area contributed by atoms with Gasteiger partial charge in [0.2, 0.25) is 14.2 Å². The van der Waals surface area contributed by atoms with Crippen molar-refractivity contribution in [3.05, 3.63) is 143 Å². The second-order valence-electron chi connectivity index (χ2n) is 13.8. The Morgan fingerprint density at radius 3 is 1.87 bits per heavy atom. The molecule has 47 heavy (non-hydrogen) atoms. The SMILES string of the molecule is CC1(C)S[C@H]2C(NC(c3ccccc3)(c3ccccc3)c3ccccc3)C(=O)N2C1c1nnnn1Cc1ccc(O[Si](C)(C)C)cc1. The van der Waals surface area contributed by atoms with Gasteiger partial charge >= 0.3 is 0 Å². The molecule has 0 radical (unpaired) electrons. The monoisotopic (exact) mass is 660 g/mol. The van der Waals surface area contributed by atoms with Crippen LogP contribution in [-0.4, -0.2) is 55.5 Å². The van der Waals surface area contributed by atoms with Crippen LogP contribution in [0.5, 0.6) is 5.75 Å². The minimum atomic E-state index is -1.70. The molecule has 3 atom stereocenters. The number of thioether (sulfide) groups is 1. The van der Waals surface area contributed by atoms with Gasteiger partial charge in [0, 0.05) is 4.75 Å². The highest BCUT2D eigenvalue weighted by atomic mass is 32.2. The number of amides is 1. The van der Waals surface area contributed by atoms with Crippen molar-refractivity contribution >= 4 is 26.0 Å². The summed E-state index contributed by atoms with van der Waals surface area (Å²) < 4.78 is 7.64. The lowest BCUT2D eigenvalue weighted by atomic mass is 9.76. The van der Waals surface area contributed by atoms with Crippen LogP contribution in [0.4, 0.5) is 0 Å². The normalized spacial score (nSPS) is 20.5. The highest BCUT2D eigenvalue weighted by Crippen LogP contribution is 2.57. The van der Waals surface area contributed by atoms with Crippen LogP contribution in [0.3, 0.4) is 0 Å². The van der Waals surface area contributed by atoms with Gasteiger partial charge in [-0.25, -0.2) is 4.68 Å². The molecule has 1 aromatic heterocycles. The van der Waals surface area contributed by atoms with Crippen molar-refractivity contribution in [2.45, 2.75) is 67.8 Å². The van der Waals surface area contributed by atoms with Gasteiger partial charge in [-0.05, 0) is 78.3 Å². The van der Waals surface area contributed by atoms with Crippen LogP contribution in [-0.2, 0) is 16.9 Å². The van der Waals surface area contributed by atoms with Gasteiger partial charge in [-0.15, -0.1) is 16.9 Å². The second-order valence-corrected chi connectivity index (χ2v) is 20.0. The lowest BCUT2D eigenvalue weighted by Crippen LogP contribution is -2.70. The minimum Gasteiger partial charge on any atom is -0.544 e. The third-order valence-electron chi connectivity index (χ3n) is 8.92. The molecule has 2 aliphatic heterocycles. The van der Waals surface area contributed by atoms with E-state index in [0.717, 1.165) is 28.0 Å². The molecular formula is C37H40N6O2SSi. The standard InChI is InChI=1S/C37H40N6O2SSi/c1-36(2)32(33-39-40-41-42(33)25-26-21-23-30(24-22-26)45-47(3,4)5)43-34(44)31(35(43)46-36)38-37(27-15-9-6-10-16-27,28-17-11-7-12-18-28)29-19-13-8-14-20-29/h6-24,31-32,35,38H,25H2,1-5H3/t31?,32?,35-/m0/s1. The zero-order valence-corrected chi connectivity index (χ0v) is 29.2. The van der Waals surface area contributed by atoms with Gasteiger partial charge in [-0.3, -0.25) is 10.1 Å². The Morgan fingerprint density at radius 2 is 1.36 bits per heavy atom. The molecule has 1 amide bonds. The second kappa shape index (κ2) is 12.1. The van der Waals surface area contributed by atoms with E-state index in [9.17, 15) is 4.79 Å². The summed E-state index contributed by atoms with van der Waals surface area (Å²) in [6.07, 6.45) is 0. The van der Waals surface area contributed by atoms with Crippen LogP contribution in [0.25, 0.3) is 0 Å². The minimum absolute atomic E-state index is 0.0487. The lowest BCUT2D eigenvalue weighted by Gasteiger charge is -2.49. The number of hydrogen-bond acceptors (Lipinski definition) is 7. The van der Waals surface area contributed by atoms with E-state index in [1.165, 1.54) is 0 Å². The van der Waals surface area contributed by atoms with Gasteiger partial charge in [-0.2, -0.15) is 0 Å². The fraction of sp³-hybridized carbons (Fsp3) is 0.297. The molecule has 0 aliphatic carbocycles. The van der Waals surface area contributed by atoms with E-state index in [-0.39, 0.29) is 22.1 Å². The van der Waals surface area contributed by atoms with E-state index in [4.69, 9.17) is 4.43 Å². The van der Waals surface area contributed by atoms with E-state index in [2.05, 4.69) is 139 Å². The van der Waals surface area contributed by atoms with Crippen LogP contribution in [0, 0.1) is 0 Å². The number of rotatable bonds is 10. The zero-order valence-electron chi connectivity index (χ0n) is 27.4. The van der Waals surface area contributed by atoms with Crippen LogP contribution < -0.4 is 9.74 Å². The van der Waals surface area contributed by atoms with Gasteiger partial charge in [-0.1, -0.05) is 103 Å². The van der Waals surface area contributed by atoms with Crippen molar-refractivity contribution in [2.24, 2.45) is 0 Å². The summed E-state index contributed by atoms with van der Waals surface area (Å²) in [5.74, 6) is 1.62. The number of benzene rings is 4. The topological polar surface area (TPSA) is 85.2 Å². The molecule has 7 rings (SSSR count). The molecule has 4 aromatic carbocycles. The number of hydrogen-bond donors (Lipinski definition) is 1. The highest BCUT2D eigenvalue weighted by Gasteiger charge is 2.64. The fourth-order valence-electron chi connectivity index (χ4n) is 6.92. The number of carbonyl (C=O) groups excluding carboxylic acids is 1. The smallest absolute Gasteiger partial charge is 0.244 e. The first kappa shape index (κ1) is 31.4. The Hall–Kier alpha value is -4.25. The average molecular weight is 661 g/mol. The van der Waals surface area contributed by atoms with Gasteiger partial charge in [0.25, 0.3) is 0 Å². The van der Waals surface area contributed by atoms with Crippen molar-refractivity contribution in [3.8, 4) is 5.75 Å². The largest absolute Gasteiger partial charge is 0.544 e. The Labute approximate surface area is 281 Å². The van der Waals surface area contributed by atoms with Gasteiger partial charge < -0.3 is 9.33 Å². The number of fused-ring (bicyclic) bond motifs is 1. The molecule has 0 spiro atoms. The predicted molar refractivity (Wildman–Crippen MR) is 189 cm³/mol. The molecule has 2 saturated heterocycles. The molecule has 8 nitrogen and oxygen atoms in total. The van der Waals surface area contributed by atoms with Crippen molar-refractivity contribution in [1.29, 1.82) is 0 Å². The number of aromatic nitrogens is 4. The maximum absolute atomic E-state index is 14.4. The molecule has 10 heteroatoms. The lowest BCUT2D eigenvalue weighted by molar-refractivity contribution is -0.150. The summed E-state index contributed by atoms with van der Waals surface area (Å²) in [7, 11) is -1.70. The number of nitrogens with one attached hydrogen (secondary N) is 1.